The van der Waals surface area contributed by atoms with Crippen LogP contribution in [0.15, 0.2) is 24.3 Å². The maximum atomic E-state index is 6.03. The molecule has 0 saturated carbocycles. The number of rotatable bonds is 5. The Kier molecular flexibility index (Phi) is 5.00. The Balaban J connectivity index is 2.13. The third-order valence-corrected chi connectivity index (χ3v) is 3.90. The van der Waals surface area contributed by atoms with Crippen molar-refractivity contribution >= 4 is 0 Å². The van der Waals surface area contributed by atoms with Crippen molar-refractivity contribution in [1.82, 2.24) is 5.32 Å². The summed E-state index contributed by atoms with van der Waals surface area (Å²) in [6.45, 7) is 6.70. The number of nitrogens with one attached hydrogen (secondary N) is 1. The molecule has 1 aliphatic rings. The van der Waals surface area contributed by atoms with E-state index in [1.165, 1.54) is 17.5 Å². The first-order valence-corrected chi connectivity index (χ1v) is 7.51. The second-order valence-electron chi connectivity index (χ2n) is 6.17. The van der Waals surface area contributed by atoms with Crippen LogP contribution in [0.3, 0.4) is 0 Å². The molecule has 0 radical (unpaired) electrons. The Morgan fingerprint density at radius 3 is 2.68 bits per heavy atom. The normalized spacial score (nSPS) is 24.9. The minimum atomic E-state index is 0.314. The number of ether oxygens (including phenoxy) is 1. The van der Waals surface area contributed by atoms with Crippen molar-refractivity contribution in [2.75, 3.05) is 7.05 Å². The third-order valence-electron chi connectivity index (χ3n) is 3.90. The van der Waals surface area contributed by atoms with E-state index in [-0.39, 0.29) is 0 Å². The molecule has 0 aliphatic carbocycles. The highest BCUT2D eigenvalue weighted by Crippen LogP contribution is 2.30. The van der Waals surface area contributed by atoms with Crippen molar-refractivity contribution in [2.24, 2.45) is 5.92 Å². The first kappa shape index (κ1) is 14.5. The zero-order chi connectivity index (χ0) is 13.8. The maximum Gasteiger partial charge on any atom is 0.0774 e. The molecule has 1 saturated heterocycles. The molecule has 3 atom stereocenters. The zero-order valence-corrected chi connectivity index (χ0v) is 12.6. The molecule has 0 spiro atoms. The Bertz CT molecular complexity index is 402. The number of hydrogen-bond donors (Lipinski definition) is 1. The zero-order valence-electron chi connectivity index (χ0n) is 12.6. The molecule has 1 aromatic carbocycles. The lowest BCUT2D eigenvalue weighted by molar-refractivity contribution is 0.0333. The molecule has 106 valence electrons. The number of likely N-dealkylation sites (N-methyl/N-ethyl adjacent to an activating group) is 1. The average molecular weight is 261 g/mol. The molecule has 1 heterocycles. The lowest BCUT2D eigenvalue weighted by Gasteiger charge is -2.24. The summed E-state index contributed by atoms with van der Waals surface area (Å²) in [4.78, 5) is 0. The van der Waals surface area contributed by atoms with Gasteiger partial charge in [0.2, 0.25) is 0 Å². The molecule has 1 aromatic rings. The molecule has 1 N–H and O–H groups in total. The van der Waals surface area contributed by atoms with Gasteiger partial charge in [0.1, 0.15) is 0 Å². The molecule has 2 heteroatoms. The molecule has 2 nitrogen and oxygen atoms in total. The summed E-state index contributed by atoms with van der Waals surface area (Å²) < 4.78 is 6.03. The molecule has 2 rings (SSSR count). The summed E-state index contributed by atoms with van der Waals surface area (Å²) in [6, 6.07) is 9.28. The van der Waals surface area contributed by atoms with Gasteiger partial charge in [-0.05, 0) is 50.3 Å². The first-order valence-electron chi connectivity index (χ1n) is 7.51. The van der Waals surface area contributed by atoms with Gasteiger partial charge in [0, 0.05) is 0 Å². The molecule has 3 unspecified atom stereocenters. The molecule has 1 fully saturated rings. The van der Waals surface area contributed by atoms with Gasteiger partial charge in [-0.2, -0.15) is 0 Å². The maximum absolute atomic E-state index is 6.03. The van der Waals surface area contributed by atoms with Crippen LogP contribution in [-0.4, -0.2) is 19.3 Å². The van der Waals surface area contributed by atoms with Crippen molar-refractivity contribution in [1.29, 1.82) is 0 Å². The van der Waals surface area contributed by atoms with Crippen molar-refractivity contribution in [3.63, 3.8) is 0 Å². The summed E-state index contributed by atoms with van der Waals surface area (Å²) in [5.74, 6) is 0.700. The van der Waals surface area contributed by atoms with Gasteiger partial charge in [-0.3, -0.25) is 0 Å². The smallest absolute Gasteiger partial charge is 0.0774 e. The fourth-order valence-electron chi connectivity index (χ4n) is 3.03. The van der Waals surface area contributed by atoms with E-state index in [1.54, 1.807) is 0 Å². The quantitative estimate of drug-likeness (QED) is 0.872. The van der Waals surface area contributed by atoms with Gasteiger partial charge in [-0.15, -0.1) is 0 Å². The summed E-state index contributed by atoms with van der Waals surface area (Å²) in [5, 5.41) is 3.44. The largest absolute Gasteiger partial charge is 0.373 e. The van der Waals surface area contributed by atoms with Crippen LogP contribution in [0.2, 0.25) is 0 Å². The molecule has 19 heavy (non-hydrogen) atoms. The minimum Gasteiger partial charge on any atom is -0.373 e. The highest BCUT2D eigenvalue weighted by atomic mass is 16.5. The van der Waals surface area contributed by atoms with Crippen LogP contribution in [0.4, 0.5) is 0 Å². The second-order valence-corrected chi connectivity index (χ2v) is 6.17. The number of benzene rings is 1. The van der Waals surface area contributed by atoms with Crippen molar-refractivity contribution in [2.45, 2.75) is 58.3 Å². The van der Waals surface area contributed by atoms with Crippen LogP contribution < -0.4 is 5.32 Å². The summed E-state index contributed by atoms with van der Waals surface area (Å²) >= 11 is 0. The lowest BCUT2D eigenvalue weighted by atomic mass is 9.95. The van der Waals surface area contributed by atoms with Gasteiger partial charge in [0.25, 0.3) is 0 Å². The SMILES string of the molecule is CNC(c1cccc(CC(C)C)c1)C1CCC(C)O1. The standard InChI is InChI=1S/C17H27NO/c1-12(2)10-14-6-5-7-15(11-14)17(18-4)16-9-8-13(3)19-16/h5-7,11-13,16-18H,8-10H2,1-4H3. The Morgan fingerprint density at radius 2 is 2.11 bits per heavy atom. The topological polar surface area (TPSA) is 21.3 Å². The third kappa shape index (κ3) is 3.80. The highest BCUT2D eigenvalue weighted by Gasteiger charge is 2.29. The second kappa shape index (κ2) is 6.53. The molecular formula is C17H27NO. The molecule has 0 amide bonds. The van der Waals surface area contributed by atoms with E-state index in [4.69, 9.17) is 4.74 Å². The monoisotopic (exact) mass is 261 g/mol. The van der Waals surface area contributed by atoms with E-state index >= 15 is 0 Å². The van der Waals surface area contributed by atoms with Crippen LogP contribution in [0, 0.1) is 5.92 Å². The van der Waals surface area contributed by atoms with Crippen LogP contribution in [0.5, 0.6) is 0 Å². The van der Waals surface area contributed by atoms with Gasteiger partial charge in [-0.25, -0.2) is 0 Å². The van der Waals surface area contributed by atoms with E-state index in [0.29, 0.717) is 24.2 Å². The van der Waals surface area contributed by atoms with Crippen LogP contribution in [0.1, 0.15) is 50.8 Å². The van der Waals surface area contributed by atoms with Gasteiger partial charge in [-0.1, -0.05) is 38.1 Å². The fourth-order valence-corrected chi connectivity index (χ4v) is 3.03. The lowest BCUT2D eigenvalue weighted by Crippen LogP contribution is -2.29. The van der Waals surface area contributed by atoms with Crippen molar-refractivity contribution in [3.05, 3.63) is 35.4 Å². The fraction of sp³-hybridized carbons (Fsp3) is 0.647. The average Bonchev–Trinajstić information content (AvgIpc) is 2.76. The Hall–Kier alpha value is -0.860. The van der Waals surface area contributed by atoms with Crippen molar-refractivity contribution in [3.8, 4) is 0 Å². The molecular weight excluding hydrogens is 234 g/mol. The molecule has 0 bridgehead atoms. The Labute approximate surface area is 117 Å². The predicted octanol–water partition coefficient (Wildman–Crippen LogP) is 3.71. The van der Waals surface area contributed by atoms with Gasteiger partial charge in [0.15, 0.2) is 0 Å². The first-order chi connectivity index (χ1) is 9.10. The summed E-state index contributed by atoms with van der Waals surface area (Å²) in [6.07, 6.45) is 4.19. The van der Waals surface area contributed by atoms with Gasteiger partial charge < -0.3 is 10.1 Å². The van der Waals surface area contributed by atoms with Gasteiger partial charge in [0.05, 0.1) is 18.2 Å². The van der Waals surface area contributed by atoms with Crippen LogP contribution >= 0.6 is 0 Å². The summed E-state index contributed by atoms with van der Waals surface area (Å²) in [7, 11) is 2.03. The molecule has 1 aliphatic heterocycles. The van der Waals surface area contributed by atoms with E-state index in [9.17, 15) is 0 Å². The van der Waals surface area contributed by atoms with Crippen molar-refractivity contribution < 1.29 is 4.74 Å². The molecule has 0 aromatic heterocycles. The van der Waals surface area contributed by atoms with Crippen LogP contribution in [0.25, 0.3) is 0 Å². The van der Waals surface area contributed by atoms with E-state index in [1.807, 2.05) is 7.05 Å². The highest BCUT2D eigenvalue weighted by molar-refractivity contribution is 5.27. The van der Waals surface area contributed by atoms with E-state index < -0.39 is 0 Å². The Morgan fingerprint density at radius 1 is 1.32 bits per heavy atom. The minimum absolute atomic E-state index is 0.314. The van der Waals surface area contributed by atoms with Gasteiger partial charge >= 0.3 is 0 Å². The summed E-state index contributed by atoms with van der Waals surface area (Å²) in [5.41, 5.74) is 2.79. The van der Waals surface area contributed by atoms with E-state index in [0.717, 1.165) is 12.8 Å². The number of hydrogen-bond acceptors (Lipinski definition) is 2. The van der Waals surface area contributed by atoms with Crippen LogP contribution in [-0.2, 0) is 11.2 Å². The predicted molar refractivity (Wildman–Crippen MR) is 80.4 cm³/mol. The van der Waals surface area contributed by atoms with E-state index in [2.05, 4.69) is 50.4 Å².